The van der Waals surface area contributed by atoms with Gasteiger partial charge >= 0.3 is 6.09 Å². The topological polar surface area (TPSA) is 76.7 Å². The Morgan fingerprint density at radius 1 is 0.788 bits per heavy atom. The van der Waals surface area contributed by atoms with Gasteiger partial charge in [0.2, 0.25) is 0 Å². The minimum Gasteiger partial charge on any atom is -0.444 e. The number of benzene rings is 3. The SMILES string of the molecule is CC(C)(C)OC(=O)Nc1cccc(C(=O)NCc2ccc(COCc3ccccc3)cc2)c1. The van der Waals surface area contributed by atoms with E-state index < -0.39 is 11.7 Å². The quantitative estimate of drug-likeness (QED) is 0.467. The van der Waals surface area contributed by atoms with Crippen LogP contribution >= 0.6 is 0 Å². The molecule has 0 fully saturated rings. The van der Waals surface area contributed by atoms with E-state index in [0.717, 1.165) is 16.7 Å². The van der Waals surface area contributed by atoms with Crippen LogP contribution in [0.1, 0.15) is 47.8 Å². The maximum Gasteiger partial charge on any atom is 0.412 e. The first-order valence-electron chi connectivity index (χ1n) is 10.9. The molecule has 6 heteroatoms. The van der Waals surface area contributed by atoms with Crippen molar-refractivity contribution in [2.24, 2.45) is 0 Å². The van der Waals surface area contributed by atoms with Crippen molar-refractivity contribution in [1.29, 1.82) is 0 Å². The molecule has 0 spiro atoms. The molecule has 0 bridgehead atoms. The lowest BCUT2D eigenvalue weighted by molar-refractivity contribution is 0.0635. The van der Waals surface area contributed by atoms with Crippen molar-refractivity contribution in [3.63, 3.8) is 0 Å². The van der Waals surface area contributed by atoms with E-state index in [1.807, 2.05) is 54.6 Å². The molecule has 0 heterocycles. The van der Waals surface area contributed by atoms with Gasteiger partial charge in [-0.1, -0.05) is 60.7 Å². The lowest BCUT2D eigenvalue weighted by Gasteiger charge is -2.19. The summed E-state index contributed by atoms with van der Waals surface area (Å²) in [5.74, 6) is -0.224. The summed E-state index contributed by atoms with van der Waals surface area (Å²) in [6.07, 6.45) is -0.562. The first-order valence-corrected chi connectivity index (χ1v) is 10.9. The second-order valence-electron chi connectivity index (χ2n) is 8.69. The number of hydrogen-bond acceptors (Lipinski definition) is 4. The summed E-state index contributed by atoms with van der Waals surface area (Å²) in [6, 6.07) is 24.7. The number of carbonyl (C=O) groups is 2. The van der Waals surface area contributed by atoms with Crippen LogP contribution in [0.25, 0.3) is 0 Å². The fourth-order valence-electron chi connectivity index (χ4n) is 3.06. The molecule has 3 aromatic carbocycles. The molecule has 2 amide bonds. The Morgan fingerprint density at radius 2 is 1.42 bits per heavy atom. The van der Waals surface area contributed by atoms with Crippen molar-refractivity contribution in [3.8, 4) is 0 Å². The predicted molar refractivity (Wildman–Crippen MR) is 129 cm³/mol. The second kappa shape index (κ2) is 11.3. The summed E-state index contributed by atoms with van der Waals surface area (Å²) in [5, 5.41) is 5.55. The van der Waals surface area contributed by atoms with Crippen LogP contribution in [0.4, 0.5) is 10.5 Å². The van der Waals surface area contributed by atoms with E-state index in [2.05, 4.69) is 10.6 Å². The number of rotatable bonds is 8. The summed E-state index contributed by atoms with van der Waals surface area (Å²) in [6.45, 7) is 6.87. The summed E-state index contributed by atoms with van der Waals surface area (Å²) >= 11 is 0. The largest absolute Gasteiger partial charge is 0.444 e. The highest BCUT2D eigenvalue weighted by Crippen LogP contribution is 2.14. The highest BCUT2D eigenvalue weighted by Gasteiger charge is 2.16. The van der Waals surface area contributed by atoms with Gasteiger partial charge in [-0.15, -0.1) is 0 Å². The molecular weight excluding hydrogens is 416 g/mol. The predicted octanol–water partition coefficient (Wildman–Crippen LogP) is 5.68. The van der Waals surface area contributed by atoms with Crippen LogP contribution in [-0.4, -0.2) is 17.6 Å². The molecule has 0 aliphatic heterocycles. The smallest absolute Gasteiger partial charge is 0.412 e. The zero-order valence-electron chi connectivity index (χ0n) is 19.3. The van der Waals surface area contributed by atoms with E-state index in [9.17, 15) is 9.59 Å². The fraction of sp³-hybridized carbons (Fsp3) is 0.259. The van der Waals surface area contributed by atoms with Crippen molar-refractivity contribution < 1.29 is 19.1 Å². The molecule has 0 aliphatic carbocycles. The van der Waals surface area contributed by atoms with E-state index in [-0.39, 0.29) is 5.91 Å². The van der Waals surface area contributed by atoms with Crippen LogP contribution in [0.3, 0.4) is 0 Å². The molecule has 33 heavy (non-hydrogen) atoms. The Kier molecular flexibility index (Phi) is 8.22. The van der Waals surface area contributed by atoms with E-state index >= 15 is 0 Å². The third-order valence-corrected chi connectivity index (χ3v) is 4.63. The van der Waals surface area contributed by atoms with Crippen molar-refractivity contribution in [3.05, 3.63) is 101 Å². The van der Waals surface area contributed by atoms with Crippen LogP contribution in [0, 0.1) is 0 Å². The third-order valence-electron chi connectivity index (χ3n) is 4.63. The van der Waals surface area contributed by atoms with E-state index in [1.165, 1.54) is 0 Å². The summed E-state index contributed by atoms with van der Waals surface area (Å²) in [4.78, 5) is 24.5. The molecule has 3 rings (SSSR count). The van der Waals surface area contributed by atoms with Gasteiger partial charge in [0.1, 0.15) is 5.60 Å². The molecule has 0 saturated carbocycles. The van der Waals surface area contributed by atoms with Crippen molar-refractivity contribution in [2.45, 2.75) is 46.1 Å². The summed E-state index contributed by atoms with van der Waals surface area (Å²) in [7, 11) is 0. The first-order chi connectivity index (χ1) is 15.8. The number of ether oxygens (including phenoxy) is 2. The van der Waals surface area contributed by atoms with Crippen LogP contribution < -0.4 is 10.6 Å². The van der Waals surface area contributed by atoms with Gasteiger partial charge in [-0.3, -0.25) is 10.1 Å². The lowest BCUT2D eigenvalue weighted by atomic mass is 10.1. The van der Waals surface area contributed by atoms with Gasteiger partial charge in [0, 0.05) is 17.8 Å². The monoisotopic (exact) mass is 446 g/mol. The molecule has 2 N–H and O–H groups in total. The maximum atomic E-state index is 12.6. The fourth-order valence-corrected chi connectivity index (χ4v) is 3.06. The summed E-state index contributed by atoms with van der Waals surface area (Å²) in [5.41, 5.74) is 3.55. The standard InChI is InChI=1S/C27H30N2O4/c1-27(2,3)33-26(31)29-24-11-7-10-23(16-24)25(30)28-17-20-12-14-22(15-13-20)19-32-18-21-8-5-4-6-9-21/h4-16H,17-19H2,1-3H3,(H,28,30)(H,29,31). The normalized spacial score (nSPS) is 11.0. The molecular formula is C27H30N2O4. The van der Waals surface area contributed by atoms with Gasteiger partial charge in [0.15, 0.2) is 0 Å². The Labute approximate surface area is 194 Å². The lowest BCUT2D eigenvalue weighted by Crippen LogP contribution is -2.27. The van der Waals surface area contributed by atoms with Gasteiger partial charge in [0.25, 0.3) is 5.91 Å². The van der Waals surface area contributed by atoms with Crippen molar-refractivity contribution >= 4 is 17.7 Å². The van der Waals surface area contributed by atoms with Crippen LogP contribution in [-0.2, 0) is 29.2 Å². The van der Waals surface area contributed by atoms with Crippen LogP contribution in [0.2, 0.25) is 0 Å². The zero-order chi connectivity index (χ0) is 23.7. The molecule has 0 aromatic heterocycles. The minimum absolute atomic E-state index is 0.224. The van der Waals surface area contributed by atoms with Crippen LogP contribution in [0.15, 0.2) is 78.9 Å². The van der Waals surface area contributed by atoms with Gasteiger partial charge in [-0.25, -0.2) is 4.79 Å². The zero-order valence-corrected chi connectivity index (χ0v) is 19.3. The number of amides is 2. The number of anilines is 1. The van der Waals surface area contributed by atoms with E-state index in [0.29, 0.717) is 31.0 Å². The molecule has 0 saturated heterocycles. The highest BCUT2D eigenvalue weighted by atomic mass is 16.6. The molecule has 0 atom stereocenters. The van der Waals surface area contributed by atoms with Crippen molar-refractivity contribution in [2.75, 3.05) is 5.32 Å². The molecule has 3 aromatic rings. The van der Waals surface area contributed by atoms with E-state index in [4.69, 9.17) is 9.47 Å². The van der Waals surface area contributed by atoms with Gasteiger partial charge in [-0.05, 0) is 55.7 Å². The Bertz CT molecular complexity index is 1060. The highest BCUT2D eigenvalue weighted by molar-refractivity contribution is 5.96. The Hall–Kier alpha value is -3.64. The molecule has 172 valence electrons. The molecule has 0 radical (unpaired) electrons. The van der Waals surface area contributed by atoms with Gasteiger partial charge < -0.3 is 14.8 Å². The maximum absolute atomic E-state index is 12.6. The third kappa shape index (κ3) is 8.43. The summed E-state index contributed by atoms with van der Waals surface area (Å²) < 4.78 is 11.0. The average Bonchev–Trinajstić information content (AvgIpc) is 2.78. The number of carbonyl (C=O) groups excluding carboxylic acids is 2. The van der Waals surface area contributed by atoms with Crippen LogP contribution in [0.5, 0.6) is 0 Å². The molecule has 0 unspecified atom stereocenters. The van der Waals surface area contributed by atoms with Gasteiger partial charge in [0.05, 0.1) is 13.2 Å². The number of hydrogen-bond donors (Lipinski definition) is 2. The average molecular weight is 447 g/mol. The number of nitrogens with one attached hydrogen (secondary N) is 2. The van der Waals surface area contributed by atoms with E-state index in [1.54, 1.807) is 45.0 Å². The molecule has 6 nitrogen and oxygen atoms in total. The minimum atomic E-state index is -0.595. The second-order valence-corrected chi connectivity index (χ2v) is 8.69. The first kappa shape index (κ1) is 24.0. The Morgan fingerprint density at radius 3 is 2.09 bits per heavy atom. The molecule has 0 aliphatic rings. The van der Waals surface area contributed by atoms with Gasteiger partial charge in [-0.2, -0.15) is 0 Å². The van der Waals surface area contributed by atoms with Crippen molar-refractivity contribution in [1.82, 2.24) is 5.32 Å². The Balaban J connectivity index is 1.46.